The van der Waals surface area contributed by atoms with Gasteiger partial charge in [0.1, 0.15) is 18.3 Å². The van der Waals surface area contributed by atoms with Gasteiger partial charge in [-0.05, 0) is 20.8 Å². The van der Waals surface area contributed by atoms with Gasteiger partial charge in [0.05, 0.1) is 6.54 Å². The van der Waals surface area contributed by atoms with E-state index in [0.717, 1.165) is 5.71 Å². The largest absolute Gasteiger partial charge is 0.388 e. The summed E-state index contributed by atoms with van der Waals surface area (Å²) in [6.07, 6.45) is -0.943. The van der Waals surface area contributed by atoms with Gasteiger partial charge in [-0.2, -0.15) is 0 Å². The van der Waals surface area contributed by atoms with Crippen LogP contribution in [-0.4, -0.2) is 41.5 Å². The van der Waals surface area contributed by atoms with Crippen LogP contribution < -0.4 is 0 Å². The lowest BCUT2D eigenvalue weighted by Gasteiger charge is -2.25. The molecule has 0 bridgehead atoms. The van der Waals surface area contributed by atoms with Gasteiger partial charge in [-0.25, -0.2) is 0 Å². The summed E-state index contributed by atoms with van der Waals surface area (Å²) in [5.41, 5.74) is 0.917. The van der Waals surface area contributed by atoms with E-state index in [1.165, 1.54) is 0 Å². The van der Waals surface area contributed by atoms with Crippen LogP contribution in [0.25, 0.3) is 0 Å². The number of rotatable bonds is 0. The van der Waals surface area contributed by atoms with Crippen LogP contribution in [0.15, 0.2) is 4.99 Å². The highest BCUT2D eigenvalue weighted by Crippen LogP contribution is 2.32. The maximum absolute atomic E-state index is 9.62. The Bertz CT molecular complexity index is 249. The predicted molar refractivity (Wildman–Crippen MR) is 47.8 cm³/mol. The topological polar surface area (TPSA) is 51.1 Å². The highest BCUT2D eigenvalue weighted by Gasteiger charge is 2.47. The number of fused-ring (bicyclic) bond motifs is 1. The highest BCUT2D eigenvalue weighted by atomic mass is 16.8. The second-order valence-corrected chi connectivity index (χ2v) is 4.07. The molecule has 4 nitrogen and oxygen atoms in total. The van der Waals surface area contributed by atoms with E-state index in [2.05, 4.69) is 4.99 Å². The van der Waals surface area contributed by atoms with Gasteiger partial charge in [0.15, 0.2) is 5.79 Å². The van der Waals surface area contributed by atoms with Gasteiger partial charge in [0.25, 0.3) is 0 Å². The third-order valence-electron chi connectivity index (χ3n) is 2.45. The Kier molecular flexibility index (Phi) is 1.94. The van der Waals surface area contributed by atoms with E-state index >= 15 is 0 Å². The van der Waals surface area contributed by atoms with Crippen molar-refractivity contribution in [3.8, 4) is 0 Å². The van der Waals surface area contributed by atoms with E-state index in [1.807, 2.05) is 20.8 Å². The van der Waals surface area contributed by atoms with Crippen molar-refractivity contribution in [2.75, 3.05) is 6.54 Å². The molecule has 2 aliphatic heterocycles. The fourth-order valence-electron chi connectivity index (χ4n) is 1.82. The van der Waals surface area contributed by atoms with E-state index < -0.39 is 11.9 Å². The molecule has 0 amide bonds. The molecule has 2 aliphatic rings. The standard InChI is InChI=1S/C9H15NO3/c1-5-7-8(6(11)4-10-5)13-9(2,3)12-7/h6-8,11H,4H2,1-3H3/t6-,7-,8+/m0/s1. The zero-order chi connectivity index (χ0) is 9.64. The molecule has 4 heteroatoms. The Morgan fingerprint density at radius 3 is 2.77 bits per heavy atom. The van der Waals surface area contributed by atoms with Crippen molar-refractivity contribution < 1.29 is 14.6 Å². The fraction of sp³-hybridized carbons (Fsp3) is 0.889. The minimum absolute atomic E-state index is 0.168. The Morgan fingerprint density at radius 1 is 1.46 bits per heavy atom. The van der Waals surface area contributed by atoms with Gasteiger partial charge in [-0.3, -0.25) is 4.99 Å². The molecule has 0 radical (unpaired) electrons. The Hall–Kier alpha value is -0.450. The molecule has 2 heterocycles. The lowest BCUT2D eigenvalue weighted by Crippen LogP contribution is -2.44. The van der Waals surface area contributed by atoms with Crippen molar-refractivity contribution in [1.29, 1.82) is 0 Å². The SMILES string of the molecule is CC1=NC[C@H](O)[C@H]2OC(C)(C)O[C@@H]12. The fourth-order valence-corrected chi connectivity index (χ4v) is 1.82. The first kappa shape index (κ1) is 9.12. The van der Waals surface area contributed by atoms with E-state index in [1.54, 1.807) is 0 Å². The second kappa shape index (κ2) is 2.77. The van der Waals surface area contributed by atoms with E-state index in [0.29, 0.717) is 6.54 Å². The third kappa shape index (κ3) is 1.49. The van der Waals surface area contributed by atoms with Crippen LogP contribution in [0.2, 0.25) is 0 Å². The first-order valence-electron chi connectivity index (χ1n) is 4.54. The number of hydrogen-bond acceptors (Lipinski definition) is 4. The summed E-state index contributed by atoms with van der Waals surface area (Å²) in [7, 11) is 0. The van der Waals surface area contributed by atoms with Gasteiger partial charge in [-0.1, -0.05) is 0 Å². The lowest BCUT2D eigenvalue weighted by molar-refractivity contribution is -0.151. The quantitative estimate of drug-likeness (QED) is 0.592. The summed E-state index contributed by atoms with van der Waals surface area (Å²) >= 11 is 0. The number of aliphatic hydroxyl groups excluding tert-OH is 1. The number of aliphatic hydroxyl groups is 1. The number of nitrogens with zero attached hydrogens (tertiary/aromatic N) is 1. The summed E-state index contributed by atoms with van der Waals surface area (Å²) in [6.45, 7) is 6.04. The molecule has 0 aromatic carbocycles. The highest BCUT2D eigenvalue weighted by molar-refractivity contribution is 5.88. The van der Waals surface area contributed by atoms with Crippen LogP contribution in [0.1, 0.15) is 20.8 Å². The molecule has 1 saturated heterocycles. The molecule has 74 valence electrons. The van der Waals surface area contributed by atoms with Gasteiger partial charge in [0.2, 0.25) is 0 Å². The Labute approximate surface area is 77.6 Å². The first-order valence-corrected chi connectivity index (χ1v) is 4.54. The van der Waals surface area contributed by atoms with Crippen molar-refractivity contribution in [3.05, 3.63) is 0 Å². The van der Waals surface area contributed by atoms with E-state index in [9.17, 15) is 5.11 Å². The van der Waals surface area contributed by atoms with Crippen LogP contribution in [0.4, 0.5) is 0 Å². The van der Waals surface area contributed by atoms with Crippen LogP contribution in [0.3, 0.4) is 0 Å². The van der Waals surface area contributed by atoms with E-state index in [4.69, 9.17) is 9.47 Å². The van der Waals surface area contributed by atoms with Gasteiger partial charge >= 0.3 is 0 Å². The van der Waals surface area contributed by atoms with Crippen LogP contribution in [0.5, 0.6) is 0 Å². The predicted octanol–water partition coefficient (Wildman–Crippen LogP) is 0.342. The van der Waals surface area contributed by atoms with E-state index in [-0.39, 0.29) is 12.2 Å². The normalized spacial score (nSPS) is 42.8. The summed E-state index contributed by atoms with van der Waals surface area (Å²) in [5.74, 6) is -0.600. The number of aliphatic imine (C=N–C) groups is 1. The van der Waals surface area contributed by atoms with Crippen molar-refractivity contribution in [2.45, 2.75) is 44.9 Å². The molecule has 0 aromatic heterocycles. The molecular formula is C9H15NO3. The van der Waals surface area contributed by atoms with Crippen LogP contribution in [0, 0.1) is 0 Å². The molecule has 13 heavy (non-hydrogen) atoms. The molecule has 3 atom stereocenters. The molecule has 1 N–H and O–H groups in total. The molecule has 0 unspecified atom stereocenters. The molecule has 0 spiro atoms. The monoisotopic (exact) mass is 185 g/mol. The van der Waals surface area contributed by atoms with Gasteiger partial charge in [0, 0.05) is 5.71 Å². The number of hydrogen-bond donors (Lipinski definition) is 1. The summed E-state index contributed by atoms with van der Waals surface area (Å²) in [6, 6.07) is 0. The smallest absolute Gasteiger partial charge is 0.164 e. The second-order valence-electron chi connectivity index (χ2n) is 4.07. The van der Waals surface area contributed by atoms with Gasteiger partial charge < -0.3 is 14.6 Å². The minimum atomic E-state index is -0.600. The van der Waals surface area contributed by atoms with Gasteiger partial charge in [-0.15, -0.1) is 0 Å². The molecule has 0 aromatic rings. The Morgan fingerprint density at radius 2 is 2.15 bits per heavy atom. The molecule has 0 saturated carbocycles. The summed E-state index contributed by atoms with van der Waals surface area (Å²) in [5, 5.41) is 9.62. The van der Waals surface area contributed by atoms with Crippen molar-refractivity contribution in [2.24, 2.45) is 4.99 Å². The van der Waals surface area contributed by atoms with Crippen molar-refractivity contribution >= 4 is 5.71 Å². The summed E-state index contributed by atoms with van der Waals surface area (Å²) < 4.78 is 11.2. The van der Waals surface area contributed by atoms with Crippen molar-refractivity contribution in [3.63, 3.8) is 0 Å². The molecular weight excluding hydrogens is 170 g/mol. The number of ether oxygens (including phenoxy) is 2. The maximum atomic E-state index is 9.62. The average molecular weight is 185 g/mol. The maximum Gasteiger partial charge on any atom is 0.164 e. The van der Waals surface area contributed by atoms with Crippen LogP contribution >= 0.6 is 0 Å². The minimum Gasteiger partial charge on any atom is -0.388 e. The third-order valence-corrected chi connectivity index (χ3v) is 2.45. The first-order chi connectivity index (χ1) is 5.99. The molecule has 0 aliphatic carbocycles. The molecule has 2 rings (SSSR count). The lowest BCUT2D eigenvalue weighted by atomic mass is 10.0. The van der Waals surface area contributed by atoms with Crippen LogP contribution in [-0.2, 0) is 9.47 Å². The zero-order valence-corrected chi connectivity index (χ0v) is 8.15. The van der Waals surface area contributed by atoms with Crippen molar-refractivity contribution in [1.82, 2.24) is 0 Å². The summed E-state index contributed by atoms with van der Waals surface area (Å²) in [4.78, 5) is 4.18. The molecule has 1 fully saturated rings. The zero-order valence-electron chi connectivity index (χ0n) is 8.15. The average Bonchev–Trinajstić information content (AvgIpc) is 2.35. The Balaban J connectivity index is 2.23.